The van der Waals surface area contributed by atoms with Gasteiger partial charge in [0.2, 0.25) is 0 Å². The van der Waals surface area contributed by atoms with Crippen LogP contribution in [0.2, 0.25) is 0 Å². The van der Waals surface area contributed by atoms with E-state index in [1.165, 1.54) is 11.8 Å². The van der Waals surface area contributed by atoms with Crippen molar-refractivity contribution in [3.63, 3.8) is 0 Å². The molecule has 2 aliphatic rings. The first-order valence-corrected chi connectivity index (χ1v) is 9.37. The van der Waals surface area contributed by atoms with Crippen LogP contribution in [0, 0.1) is 0 Å². The zero-order valence-corrected chi connectivity index (χ0v) is 14.6. The molecule has 1 amide bonds. The summed E-state index contributed by atoms with van der Waals surface area (Å²) in [6, 6.07) is 7.45. The van der Waals surface area contributed by atoms with Gasteiger partial charge in [0, 0.05) is 11.4 Å². The van der Waals surface area contributed by atoms with Crippen molar-refractivity contribution in [2.45, 2.75) is 54.9 Å². The number of carboxylic acid groups (broad SMARTS) is 1. The second-order valence-electron chi connectivity index (χ2n) is 6.35. The van der Waals surface area contributed by atoms with E-state index >= 15 is 0 Å². The summed E-state index contributed by atoms with van der Waals surface area (Å²) >= 11 is 1.22. The minimum absolute atomic E-state index is 0.00381. The molecule has 1 saturated carbocycles. The molecule has 3 atom stereocenters. The number of benzene rings is 1. The van der Waals surface area contributed by atoms with Crippen LogP contribution < -0.4 is 0 Å². The van der Waals surface area contributed by atoms with E-state index in [2.05, 4.69) is 0 Å². The Bertz CT molecular complexity index is 619. The number of hydrogen-bond donors (Lipinski definition) is 1. The van der Waals surface area contributed by atoms with Gasteiger partial charge in [-0.2, -0.15) is 0 Å². The zero-order chi connectivity index (χ0) is 17.1. The van der Waals surface area contributed by atoms with Gasteiger partial charge in [0.25, 0.3) is 5.91 Å². The average Bonchev–Trinajstić information content (AvgIpc) is 2.61. The number of carboxylic acids is 1. The van der Waals surface area contributed by atoms with Crippen molar-refractivity contribution in [1.82, 2.24) is 4.90 Å². The molecule has 1 aliphatic carbocycles. The summed E-state index contributed by atoms with van der Waals surface area (Å²) in [5, 5.41) is 8.55. The molecule has 1 aromatic rings. The zero-order valence-electron chi connectivity index (χ0n) is 13.8. The molecule has 0 spiro atoms. The number of carbonyl (C=O) groups excluding carboxylic acids is 1. The van der Waals surface area contributed by atoms with Crippen molar-refractivity contribution in [1.29, 1.82) is 0 Å². The lowest BCUT2D eigenvalue weighted by Gasteiger charge is -2.44. The van der Waals surface area contributed by atoms with Gasteiger partial charge in [0.05, 0.1) is 24.3 Å². The van der Waals surface area contributed by atoms with E-state index in [4.69, 9.17) is 9.84 Å². The molecule has 5 nitrogen and oxygen atoms in total. The highest BCUT2D eigenvalue weighted by Gasteiger charge is 2.37. The summed E-state index contributed by atoms with van der Waals surface area (Å²) in [5.74, 6) is -0.878. The fourth-order valence-electron chi connectivity index (χ4n) is 3.49. The quantitative estimate of drug-likeness (QED) is 0.846. The Hall–Kier alpha value is -1.53. The minimum atomic E-state index is -0.874. The maximum Gasteiger partial charge on any atom is 0.316 e. The van der Waals surface area contributed by atoms with Crippen LogP contribution in [0.1, 0.15) is 43.0 Å². The number of thioether (sulfide) groups is 1. The summed E-state index contributed by atoms with van der Waals surface area (Å²) in [7, 11) is 0. The van der Waals surface area contributed by atoms with Gasteiger partial charge in [-0.05, 0) is 31.9 Å². The van der Waals surface area contributed by atoms with E-state index in [-0.39, 0.29) is 18.1 Å². The highest BCUT2D eigenvalue weighted by Crippen LogP contribution is 2.32. The van der Waals surface area contributed by atoms with Crippen LogP contribution in [0.3, 0.4) is 0 Å². The molecule has 1 saturated heterocycles. The van der Waals surface area contributed by atoms with Crippen LogP contribution >= 0.6 is 11.8 Å². The molecule has 24 heavy (non-hydrogen) atoms. The summed E-state index contributed by atoms with van der Waals surface area (Å²) < 4.78 is 5.85. The van der Waals surface area contributed by atoms with E-state index in [1.54, 1.807) is 13.0 Å². The van der Waals surface area contributed by atoms with Crippen LogP contribution in [-0.2, 0) is 9.53 Å². The Kier molecular flexibility index (Phi) is 5.46. The lowest BCUT2D eigenvalue weighted by molar-refractivity contribution is -0.136. The Morgan fingerprint density at radius 2 is 2.04 bits per heavy atom. The van der Waals surface area contributed by atoms with Crippen LogP contribution in [0.15, 0.2) is 29.2 Å². The smallest absolute Gasteiger partial charge is 0.316 e. The van der Waals surface area contributed by atoms with Gasteiger partial charge in [-0.15, -0.1) is 11.8 Å². The second-order valence-corrected chi connectivity index (χ2v) is 7.74. The first kappa shape index (κ1) is 17.3. The molecular weight excluding hydrogens is 326 g/mol. The fourth-order valence-corrected chi connectivity index (χ4v) is 4.41. The Morgan fingerprint density at radius 3 is 2.83 bits per heavy atom. The molecule has 6 heteroatoms. The highest BCUT2D eigenvalue weighted by atomic mass is 32.2. The molecule has 3 unspecified atom stereocenters. The lowest BCUT2D eigenvalue weighted by Crippen LogP contribution is -2.54. The van der Waals surface area contributed by atoms with Crippen LogP contribution in [0.4, 0.5) is 0 Å². The summed E-state index contributed by atoms with van der Waals surface area (Å²) in [5.41, 5.74) is 0.599. The topological polar surface area (TPSA) is 66.8 Å². The molecule has 3 rings (SSSR count). The van der Waals surface area contributed by atoms with E-state index in [0.29, 0.717) is 18.7 Å². The van der Waals surface area contributed by atoms with Crippen molar-refractivity contribution >= 4 is 23.6 Å². The van der Waals surface area contributed by atoms with Gasteiger partial charge in [-0.25, -0.2) is 0 Å². The van der Waals surface area contributed by atoms with Crippen molar-refractivity contribution < 1.29 is 19.4 Å². The SMILES string of the molecule is CC(Sc1ccccc1C(=O)N1CCOC2CCCCC21)C(=O)O. The third-order valence-electron chi connectivity index (χ3n) is 4.76. The molecule has 1 heterocycles. The normalized spacial score (nSPS) is 25.0. The molecule has 130 valence electrons. The number of aliphatic carboxylic acids is 1. The third-order valence-corrected chi connectivity index (χ3v) is 5.93. The van der Waals surface area contributed by atoms with Crippen LogP contribution in [-0.4, -0.2) is 52.4 Å². The Labute approximate surface area is 146 Å². The molecule has 0 radical (unpaired) electrons. The molecule has 1 aromatic carbocycles. The van der Waals surface area contributed by atoms with Crippen molar-refractivity contribution in [2.75, 3.05) is 13.2 Å². The van der Waals surface area contributed by atoms with Crippen LogP contribution in [0.25, 0.3) is 0 Å². The molecular formula is C18H23NO4S. The number of fused-ring (bicyclic) bond motifs is 1. The lowest BCUT2D eigenvalue weighted by atomic mass is 9.89. The Morgan fingerprint density at radius 1 is 1.29 bits per heavy atom. The first-order valence-electron chi connectivity index (χ1n) is 8.49. The molecule has 1 aliphatic heterocycles. The standard InChI is InChI=1S/C18H23NO4S/c1-12(18(21)22)24-16-9-5-2-6-13(16)17(20)19-10-11-23-15-8-4-3-7-14(15)19/h2,5-6,9,12,14-15H,3-4,7-8,10-11H2,1H3,(H,21,22). The molecule has 2 fully saturated rings. The van der Waals surface area contributed by atoms with Gasteiger partial charge >= 0.3 is 5.97 Å². The summed E-state index contributed by atoms with van der Waals surface area (Å²) in [6.07, 6.45) is 4.43. The molecule has 0 bridgehead atoms. The van der Waals surface area contributed by atoms with Gasteiger partial charge in [0.1, 0.15) is 5.25 Å². The number of rotatable bonds is 4. The third kappa shape index (κ3) is 3.59. The van der Waals surface area contributed by atoms with Gasteiger partial charge < -0.3 is 14.7 Å². The predicted molar refractivity (Wildman–Crippen MR) is 92.4 cm³/mol. The predicted octanol–water partition coefficient (Wildman–Crippen LogP) is 3.04. The largest absolute Gasteiger partial charge is 0.480 e. The maximum atomic E-state index is 13.1. The number of hydrogen-bond acceptors (Lipinski definition) is 4. The average molecular weight is 349 g/mol. The number of carbonyl (C=O) groups is 2. The number of nitrogens with zero attached hydrogens (tertiary/aromatic N) is 1. The van der Waals surface area contributed by atoms with Gasteiger partial charge in [-0.1, -0.05) is 25.0 Å². The number of morpholine rings is 1. The van der Waals surface area contributed by atoms with Gasteiger partial charge in [0.15, 0.2) is 0 Å². The van der Waals surface area contributed by atoms with E-state index < -0.39 is 11.2 Å². The first-order chi connectivity index (χ1) is 11.6. The van der Waals surface area contributed by atoms with Crippen molar-refractivity contribution in [2.24, 2.45) is 0 Å². The second kappa shape index (κ2) is 7.57. The summed E-state index contributed by atoms with van der Waals surface area (Å²) in [4.78, 5) is 27.0. The fraction of sp³-hybridized carbons (Fsp3) is 0.556. The minimum Gasteiger partial charge on any atom is -0.480 e. The number of ether oxygens (including phenoxy) is 1. The van der Waals surface area contributed by atoms with E-state index in [9.17, 15) is 9.59 Å². The van der Waals surface area contributed by atoms with E-state index in [1.807, 2.05) is 23.1 Å². The van der Waals surface area contributed by atoms with Crippen LogP contribution in [0.5, 0.6) is 0 Å². The maximum absolute atomic E-state index is 13.1. The molecule has 1 N–H and O–H groups in total. The highest BCUT2D eigenvalue weighted by molar-refractivity contribution is 8.00. The van der Waals surface area contributed by atoms with Gasteiger partial charge in [-0.3, -0.25) is 9.59 Å². The Balaban J connectivity index is 1.82. The monoisotopic (exact) mass is 349 g/mol. The van der Waals surface area contributed by atoms with E-state index in [0.717, 1.165) is 30.6 Å². The van der Waals surface area contributed by atoms with Crippen molar-refractivity contribution in [3.8, 4) is 0 Å². The number of amides is 1. The molecule has 0 aromatic heterocycles. The summed E-state index contributed by atoms with van der Waals surface area (Å²) in [6.45, 7) is 2.82. The van der Waals surface area contributed by atoms with Crippen molar-refractivity contribution in [3.05, 3.63) is 29.8 Å².